The minimum Gasteiger partial charge on any atom is -0.443 e. The van der Waals surface area contributed by atoms with E-state index in [1.807, 2.05) is 6.07 Å². The first-order valence-electron chi connectivity index (χ1n) is 4.17. The van der Waals surface area contributed by atoms with Gasteiger partial charge in [0.05, 0.1) is 5.56 Å². The van der Waals surface area contributed by atoms with Crippen LogP contribution in [0.1, 0.15) is 17.3 Å². The van der Waals surface area contributed by atoms with Gasteiger partial charge in [0.1, 0.15) is 0 Å². The SMILES string of the molecule is CNC(C)OC(=O)c1ccccc1. The number of carbonyl (C=O) groups is 1. The van der Waals surface area contributed by atoms with Crippen LogP contribution in [-0.2, 0) is 4.74 Å². The van der Waals surface area contributed by atoms with Gasteiger partial charge in [0.25, 0.3) is 0 Å². The molecule has 0 fully saturated rings. The molecule has 3 nitrogen and oxygen atoms in total. The largest absolute Gasteiger partial charge is 0.443 e. The first-order chi connectivity index (χ1) is 6.24. The molecule has 1 N–H and O–H groups in total. The number of nitrogens with one attached hydrogen (secondary N) is 1. The van der Waals surface area contributed by atoms with Crippen molar-refractivity contribution in [3.63, 3.8) is 0 Å². The molecule has 1 atom stereocenters. The smallest absolute Gasteiger partial charge is 0.339 e. The third-order valence-corrected chi connectivity index (χ3v) is 1.70. The van der Waals surface area contributed by atoms with Crippen molar-refractivity contribution < 1.29 is 9.53 Å². The standard InChI is InChI=1S/C10H13NO2/c1-8(11-2)13-10(12)9-6-4-3-5-7-9/h3-8,11H,1-2H3. The van der Waals surface area contributed by atoms with Crippen molar-refractivity contribution in [3.05, 3.63) is 35.9 Å². The van der Waals surface area contributed by atoms with Crippen molar-refractivity contribution in [2.45, 2.75) is 13.2 Å². The van der Waals surface area contributed by atoms with E-state index in [-0.39, 0.29) is 12.2 Å². The van der Waals surface area contributed by atoms with Gasteiger partial charge in [-0.15, -0.1) is 0 Å². The molecule has 0 spiro atoms. The zero-order chi connectivity index (χ0) is 9.68. The van der Waals surface area contributed by atoms with Crippen molar-refractivity contribution in [1.29, 1.82) is 0 Å². The maximum Gasteiger partial charge on any atom is 0.339 e. The van der Waals surface area contributed by atoms with Gasteiger partial charge in [0, 0.05) is 0 Å². The van der Waals surface area contributed by atoms with E-state index in [1.54, 1.807) is 38.2 Å². The lowest BCUT2D eigenvalue weighted by molar-refractivity contribution is 0.0285. The molecule has 0 aromatic heterocycles. The average Bonchev–Trinajstić information content (AvgIpc) is 2.19. The second-order valence-electron chi connectivity index (χ2n) is 2.70. The van der Waals surface area contributed by atoms with Crippen LogP contribution in [0.2, 0.25) is 0 Å². The Bertz CT molecular complexity index is 272. The Balaban J connectivity index is 2.59. The van der Waals surface area contributed by atoms with E-state index in [1.165, 1.54) is 0 Å². The van der Waals surface area contributed by atoms with E-state index in [0.29, 0.717) is 5.56 Å². The summed E-state index contributed by atoms with van der Waals surface area (Å²) in [5.41, 5.74) is 0.574. The lowest BCUT2D eigenvalue weighted by atomic mass is 10.2. The minimum atomic E-state index is -0.303. The number of hydrogen-bond acceptors (Lipinski definition) is 3. The molecular weight excluding hydrogens is 166 g/mol. The van der Waals surface area contributed by atoms with Gasteiger partial charge in [-0.25, -0.2) is 4.79 Å². The van der Waals surface area contributed by atoms with Gasteiger partial charge in [0.15, 0.2) is 6.23 Å². The highest BCUT2D eigenvalue weighted by molar-refractivity contribution is 5.89. The summed E-state index contributed by atoms with van der Waals surface area (Å²) >= 11 is 0. The highest BCUT2D eigenvalue weighted by Crippen LogP contribution is 2.01. The van der Waals surface area contributed by atoms with E-state index in [9.17, 15) is 4.79 Å². The summed E-state index contributed by atoms with van der Waals surface area (Å²) in [6.45, 7) is 1.78. The van der Waals surface area contributed by atoms with Crippen LogP contribution in [0.4, 0.5) is 0 Å². The van der Waals surface area contributed by atoms with Gasteiger partial charge < -0.3 is 4.74 Å². The van der Waals surface area contributed by atoms with Crippen LogP contribution >= 0.6 is 0 Å². The Morgan fingerprint density at radius 2 is 2.00 bits per heavy atom. The fraction of sp³-hybridized carbons (Fsp3) is 0.300. The second-order valence-corrected chi connectivity index (χ2v) is 2.70. The zero-order valence-electron chi connectivity index (χ0n) is 7.78. The molecule has 70 valence electrons. The number of rotatable bonds is 3. The van der Waals surface area contributed by atoms with Crippen LogP contribution in [0.25, 0.3) is 0 Å². The van der Waals surface area contributed by atoms with Gasteiger partial charge in [0.2, 0.25) is 0 Å². The van der Waals surface area contributed by atoms with Crippen molar-refractivity contribution in [1.82, 2.24) is 5.32 Å². The lowest BCUT2D eigenvalue weighted by Gasteiger charge is -2.11. The van der Waals surface area contributed by atoms with Gasteiger partial charge >= 0.3 is 5.97 Å². The zero-order valence-corrected chi connectivity index (χ0v) is 7.78. The van der Waals surface area contributed by atoms with E-state index in [2.05, 4.69) is 5.32 Å². The summed E-state index contributed by atoms with van der Waals surface area (Å²) in [4.78, 5) is 11.4. The molecule has 0 bridgehead atoms. The van der Waals surface area contributed by atoms with Crippen LogP contribution in [0, 0.1) is 0 Å². The van der Waals surface area contributed by atoms with E-state index in [4.69, 9.17) is 4.74 Å². The van der Waals surface area contributed by atoms with Crippen molar-refractivity contribution in [2.75, 3.05) is 7.05 Å². The summed E-state index contributed by atoms with van der Waals surface area (Å²) in [5.74, 6) is -0.303. The molecule has 0 amide bonds. The molecule has 0 aliphatic rings. The second kappa shape index (κ2) is 4.62. The normalized spacial score (nSPS) is 12.2. The molecule has 0 heterocycles. The Labute approximate surface area is 77.7 Å². The summed E-state index contributed by atoms with van der Waals surface area (Å²) in [7, 11) is 1.74. The number of esters is 1. The van der Waals surface area contributed by atoms with Gasteiger partial charge in [-0.1, -0.05) is 18.2 Å². The molecule has 0 radical (unpaired) electrons. The summed E-state index contributed by atoms with van der Waals surface area (Å²) in [5, 5.41) is 2.82. The van der Waals surface area contributed by atoms with Crippen LogP contribution in [0.5, 0.6) is 0 Å². The molecule has 1 aromatic carbocycles. The fourth-order valence-electron chi connectivity index (χ4n) is 0.862. The molecule has 1 unspecified atom stereocenters. The average molecular weight is 179 g/mol. The fourth-order valence-corrected chi connectivity index (χ4v) is 0.862. The molecule has 0 saturated carbocycles. The van der Waals surface area contributed by atoms with Gasteiger partial charge in [-0.2, -0.15) is 0 Å². The number of ether oxygens (including phenoxy) is 1. The predicted octanol–water partition coefficient (Wildman–Crippen LogP) is 1.41. The number of hydrogen-bond donors (Lipinski definition) is 1. The topological polar surface area (TPSA) is 38.3 Å². The van der Waals surface area contributed by atoms with Crippen molar-refractivity contribution >= 4 is 5.97 Å². The Morgan fingerprint density at radius 3 is 2.54 bits per heavy atom. The summed E-state index contributed by atoms with van der Waals surface area (Å²) in [6, 6.07) is 8.93. The molecule has 0 saturated heterocycles. The minimum absolute atomic E-state index is 0.257. The lowest BCUT2D eigenvalue weighted by Crippen LogP contribution is -2.27. The third kappa shape index (κ3) is 2.87. The van der Waals surface area contributed by atoms with Gasteiger partial charge in [-0.3, -0.25) is 5.32 Å². The van der Waals surface area contributed by atoms with Crippen LogP contribution in [-0.4, -0.2) is 19.2 Å². The van der Waals surface area contributed by atoms with Crippen LogP contribution in [0.15, 0.2) is 30.3 Å². The van der Waals surface area contributed by atoms with Crippen LogP contribution in [0.3, 0.4) is 0 Å². The molecular formula is C10H13NO2. The maximum absolute atomic E-state index is 11.4. The van der Waals surface area contributed by atoms with Crippen LogP contribution < -0.4 is 5.32 Å². The Morgan fingerprint density at radius 1 is 1.38 bits per heavy atom. The highest BCUT2D eigenvalue weighted by Gasteiger charge is 2.08. The molecule has 13 heavy (non-hydrogen) atoms. The van der Waals surface area contributed by atoms with Gasteiger partial charge in [-0.05, 0) is 26.1 Å². The highest BCUT2D eigenvalue weighted by atomic mass is 16.6. The maximum atomic E-state index is 11.4. The summed E-state index contributed by atoms with van der Waals surface area (Å²) in [6.07, 6.45) is -0.257. The molecule has 1 rings (SSSR count). The molecule has 0 aliphatic heterocycles. The first-order valence-corrected chi connectivity index (χ1v) is 4.17. The van der Waals surface area contributed by atoms with Crippen molar-refractivity contribution in [2.24, 2.45) is 0 Å². The molecule has 1 aromatic rings. The van der Waals surface area contributed by atoms with E-state index < -0.39 is 0 Å². The van der Waals surface area contributed by atoms with E-state index in [0.717, 1.165) is 0 Å². The Hall–Kier alpha value is -1.35. The first kappa shape index (κ1) is 9.74. The number of carbonyl (C=O) groups excluding carboxylic acids is 1. The third-order valence-electron chi connectivity index (χ3n) is 1.70. The van der Waals surface area contributed by atoms with E-state index >= 15 is 0 Å². The quantitative estimate of drug-likeness (QED) is 0.563. The number of benzene rings is 1. The Kier molecular flexibility index (Phi) is 3.46. The molecule has 0 aliphatic carbocycles. The monoisotopic (exact) mass is 179 g/mol. The molecule has 3 heteroatoms. The predicted molar refractivity (Wildman–Crippen MR) is 50.4 cm³/mol. The summed E-state index contributed by atoms with van der Waals surface area (Å²) < 4.78 is 5.04. The van der Waals surface area contributed by atoms with Crippen molar-refractivity contribution in [3.8, 4) is 0 Å².